The largest absolute Gasteiger partial charge is 0.497 e. The second-order valence-electron chi connectivity index (χ2n) is 5.85. The number of aliphatic imine (C=N–C) groups is 1. The fourth-order valence-electron chi connectivity index (χ4n) is 2.59. The lowest BCUT2D eigenvalue weighted by molar-refractivity contribution is 0.355. The van der Waals surface area contributed by atoms with Gasteiger partial charge in [0.25, 0.3) is 0 Å². The van der Waals surface area contributed by atoms with Crippen molar-refractivity contribution in [3.8, 4) is 22.9 Å². The zero-order chi connectivity index (χ0) is 19.9. The van der Waals surface area contributed by atoms with Gasteiger partial charge in [-0.25, -0.2) is 9.67 Å². The molecular formula is C20H23N5O3. The monoisotopic (exact) mass is 381 g/mol. The van der Waals surface area contributed by atoms with E-state index in [4.69, 9.17) is 19.9 Å². The van der Waals surface area contributed by atoms with Crippen LogP contribution in [0.25, 0.3) is 5.69 Å². The highest BCUT2D eigenvalue weighted by molar-refractivity contribution is 5.92. The first-order chi connectivity index (χ1) is 13.6. The number of hydrogen-bond acceptors (Lipinski definition) is 5. The van der Waals surface area contributed by atoms with E-state index in [-0.39, 0.29) is 5.96 Å². The van der Waals surface area contributed by atoms with E-state index in [0.717, 1.165) is 22.8 Å². The summed E-state index contributed by atoms with van der Waals surface area (Å²) in [7, 11) is 4.81. The molecule has 28 heavy (non-hydrogen) atoms. The molecule has 0 spiro atoms. The van der Waals surface area contributed by atoms with Crippen LogP contribution in [-0.4, -0.2) is 37.1 Å². The maximum absolute atomic E-state index is 5.98. The summed E-state index contributed by atoms with van der Waals surface area (Å²) in [4.78, 5) is 4.34. The lowest BCUT2D eigenvalue weighted by Gasteiger charge is -2.10. The van der Waals surface area contributed by atoms with Crippen molar-refractivity contribution in [3.63, 3.8) is 0 Å². The van der Waals surface area contributed by atoms with Crippen LogP contribution in [0, 0.1) is 0 Å². The van der Waals surface area contributed by atoms with E-state index < -0.39 is 0 Å². The van der Waals surface area contributed by atoms with Crippen LogP contribution >= 0.6 is 0 Å². The number of aromatic nitrogens is 2. The summed E-state index contributed by atoms with van der Waals surface area (Å²) in [6, 6.07) is 15.0. The number of rotatable bonds is 7. The van der Waals surface area contributed by atoms with Crippen LogP contribution < -0.4 is 25.3 Å². The molecule has 3 N–H and O–H groups in total. The minimum atomic E-state index is 0.284. The molecule has 0 atom stereocenters. The molecule has 8 nitrogen and oxygen atoms in total. The summed E-state index contributed by atoms with van der Waals surface area (Å²) in [6.45, 7) is 0.356. The Morgan fingerprint density at radius 2 is 1.75 bits per heavy atom. The molecule has 146 valence electrons. The molecule has 3 rings (SSSR count). The Kier molecular flexibility index (Phi) is 6.01. The van der Waals surface area contributed by atoms with E-state index in [9.17, 15) is 0 Å². The molecule has 0 fully saturated rings. The number of nitrogens with two attached hydrogens (primary N) is 1. The van der Waals surface area contributed by atoms with E-state index in [1.54, 1.807) is 38.1 Å². The minimum Gasteiger partial charge on any atom is -0.497 e. The third-order valence-corrected chi connectivity index (χ3v) is 4.05. The van der Waals surface area contributed by atoms with Gasteiger partial charge in [0.15, 0.2) is 17.5 Å². The Morgan fingerprint density at radius 1 is 1.00 bits per heavy atom. The van der Waals surface area contributed by atoms with E-state index >= 15 is 0 Å². The molecule has 0 radical (unpaired) electrons. The molecule has 1 aromatic heterocycles. The molecule has 0 aliphatic heterocycles. The minimum absolute atomic E-state index is 0.284. The summed E-state index contributed by atoms with van der Waals surface area (Å²) >= 11 is 0. The van der Waals surface area contributed by atoms with Crippen LogP contribution in [0.3, 0.4) is 0 Å². The molecule has 2 aromatic carbocycles. The topological polar surface area (TPSA) is 95.9 Å². The fourth-order valence-corrected chi connectivity index (χ4v) is 2.59. The van der Waals surface area contributed by atoms with Crippen molar-refractivity contribution in [2.75, 3.05) is 26.6 Å². The van der Waals surface area contributed by atoms with Crippen LogP contribution in [0.2, 0.25) is 0 Å². The van der Waals surface area contributed by atoms with Crippen LogP contribution in [0.1, 0.15) is 5.69 Å². The number of guanidine groups is 1. The molecule has 0 aliphatic carbocycles. The summed E-state index contributed by atoms with van der Waals surface area (Å²) in [5, 5.41) is 7.55. The molecule has 0 bridgehead atoms. The van der Waals surface area contributed by atoms with Gasteiger partial charge in [0.05, 0.1) is 39.3 Å². The Balaban J connectivity index is 1.64. The van der Waals surface area contributed by atoms with Crippen LogP contribution in [-0.2, 0) is 6.54 Å². The highest BCUT2D eigenvalue weighted by atomic mass is 16.5. The smallest absolute Gasteiger partial charge is 0.193 e. The fraction of sp³-hybridized carbons (Fsp3) is 0.200. The first-order valence-corrected chi connectivity index (χ1v) is 8.61. The normalized spacial score (nSPS) is 11.2. The van der Waals surface area contributed by atoms with Gasteiger partial charge in [0.2, 0.25) is 0 Å². The van der Waals surface area contributed by atoms with E-state index in [1.165, 1.54) is 0 Å². The van der Waals surface area contributed by atoms with Crippen LogP contribution in [0.4, 0.5) is 5.69 Å². The molecule has 0 saturated carbocycles. The average molecular weight is 381 g/mol. The summed E-state index contributed by atoms with van der Waals surface area (Å²) < 4.78 is 17.5. The van der Waals surface area contributed by atoms with E-state index in [1.807, 2.05) is 42.6 Å². The zero-order valence-electron chi connectivity index (χ0n) is 16.0. The molecule has 1 heterocycles. The number of anilines is 1. The SMILES string of the molecule is COc1ccc(-n2ccc(CN=C(N)Nc3ccc(OC)c(OC)c3)n2)cc1. The van der Waals surface area contributed by atoms with Gasteiger partial charge in [-0.1, -0.05) is 0 Å². The number of hydrogen-bond donors (Lipinski definition) is 2. The van der Waals surface area contributed by atoms with Crippen LogP contribution in [0.15, 0.2) is 59.7 Å². The predicted molar refractivity (Wildman–Crippen MR) is 109 cm³/mol. The Bertz CT molecular complexity index is 951. The van der Waals surface area contributed by atoms with Crippen molar-refractivity contribution in [2.45, 2.75) is 6.54 Å². The first kappa shape index (κ1) is 19.1. The van der Waals surface area contributed by atoms with Crippen molar-refractivity contribution in [1.29, 1.82) is 0 Å². The van der Waals surface area contributed by atoms with Gasteiger partial charge in [-0.3, -0.25) is 0 Å². The third kappa shape index (κ3) is 4.53. The van der Waals surface area contributed by atoms with Crippen molar-refractivity contribution in [1.82, 2.24) is 9.78 Å². The quantitative estimate of drug-likeness (QED) is 0.483. The Hall–Kier alpha value is -3.68. The molecule has 3 aromatic rings. The maximum Gasteiger partial charge on any atom is 0.193 e. The number of ether oxygens (including phenoxy) is 3. The van der Waals surface area contributed by atoms with Crippen LogP contribution in [0.5, 0.6) is 17.2 Å². The maximum atomic E-state index is 5.98. The molecule has 8 heteroatoms. The molecule has 0 amide bonds. The van der Waals surface area contributed by atoms with Gasteiger partial charge < -0.3 is 25.3 Å². The Labute approximate surface area is 163 Å². The third-order valence-electron chi connectivity index (χ3n) is 4.05. The summed E-state index contributed by atoms with van der Waals surface area (Å²) in [5.41, 5.74) is 8.47. The summed E-state index contributed by atoms with van der Waals surface area (Å²) in [6.07, 6.45) is 1.88. The average Bonchev–Trinajstić information content (AvgIpc) is 3.21. The van der Waals surface area contributed by atoms with Gasteiger partial charge in [-0.15, -0.1) is 0 Å². The van der Waals surface area contributed by atoms with Gasteiger partial charge in [-0.2, -0.15) is 5.10 Å². The number of nitrogens with one attached hydrogen (secondary N) is 1. The molecule has 0 aliphatic rings. The lowest BCUT2D eigenvalue weighted by atomic mass is 10.3. The van der Waals surface area contributed by atoms with E-state index in [2.05, 4.69) is 15.4 Å². The number of benzene rings is 2. The van der Waals surface area contributed by atoms with Gasteiger partial charge in [0, 0.05) is 18.0 Å². The van der Waals surface area contributed by atoms with E-state index in [0.29, 0.717) is 18.0 Å². The van der Waals surface area contributed by atoms with Gasteiger partial charge >= 0.3 is 0 Å². The second kappa shape index (κ2) is 8.81. The van der Waals surface area contributed by atoms with Crippen molar-refractivity contribution in [3.05, 3.63) is 60.4 Å². The number of nitrogens with zero attached hydrogens (tertiary/aromatic N) is 3. The van der Waals surface area contributed by atoms with Gasteiger partial charge in [0.1, 0.15) is 5.75 Å². The second-order valence-corrected chi connectivity index (χ2v) is 5.85. The zero-order valence-corrected chi connectivity index (χ0v) is 16.0. The van der Waals surface area contributed by atoms with Gasteiger partial charge in [-0.05, 0) is 42.5 Å². The van der Waals surface area contributed by atoms with Crippen molar-refractivity contribution >= 4 is 11.6 Å². The van der Waals surface area contributed by atoms with Crippen molar-refractivity contribution in [2.24, 2.45) is 10.7 Å². The molecular weight excluding hydrogens is 358 g/mol. The number of methoxy groups -OCH3 is 3. The molecule has 0 unspecified atom stereocenters. The standard InChI is InChI=1S/C20H23N5O3/c1-26-17-7-5-16(6-8-17)25-11-10-15(24-25)13-22-20(21)23-14-4-9-18(27-2)19(12-14)28-3/h4-12H,13H2,1-3H3,(H3,21,22,23). The highest BCUT2D eigenvalue weighted by Gasteiger charge is 2.06. The predicted octanol–water partition coefficient (Wildman–Crippen LogP) is 2.82. The van der Waals surface area contributed by atoms with Crippen molar-refractivity contribution < 1.29 is 14.2 Å². The molecule has 0 saturated heterocycles. The first-order valence-electron chi connectivity index (χ1n) is 8.61. The lowest BCUT2D eigenvalue weighted by Crippen LogP contribution is -2.22. The highest BCUT2D eigenvalue weighted by Crippen LogP contribution is 2.29. The summed E-state index contributed by atoms with van der Waals surface area (Å²) in [5.74, 6) is 2.34. The Morgan fingerprint density at radius 3 is 2.43 bits per heavy atom.